The summed E-state index contributed by atoms with van der Waals surface area (Å²) in [6.45, 7) is 0.0986. The fourth-order valence-electron chi connectivity index (χ4n) is 1.41. The molecule has 0 fully saturated rings. The van der Waals surface area contributed by atoms with Crippen molar-refractivity contribution in [2.45, 2.75) is 25.6 Å². The Hall–Kier alpha value is -0.790. The van der Waals surface area contributed by atoms with Gasteiger partial charge in [0, 0.05) is 10.5 Å². The Morgan fingerprint density at radius 1 is 1.37 bits per heavy atom. The zero-order valence-electron chi connectivity index (χ0n) is 10.3. The van der Waals surface area contributed by atoms with Crippen molar-refractivity contribution in [2.24, 2.45) is 5.73 Å². The highest BCUT2D eigenvalue weighted by molar-refractivity contribution is 9.10. The fourth-order valence-corrected chi connectivity index (χ4v) is 1.82. The Morgan fingerprint density at radius 3 is 2.63 bits per heavy atom. The fraction of sp³-hybridized carbons (Fsp3) is 0.500. The molecule has 1 unspecified atom stereocenters. The van der Waals surface area contributed by atoms with Crippen LogP contribution >= 0.6 is 15.9 Å². The van der Waals surface area contributed by atoms with E-state index < -0.39 is 19.6 Å². The number of nitrogens with two attached hydrogens (primary N) is 1. The van der Waals surface area contributed by atoms with E-state index in [1.54, 1.807) is 18.2 Å². The minimum Gasteiger partial charge on any atom is -0.468 e. The molecule has 0 saturated carbocycles. The van der Waals surface area contributed by atoms with Gasteiger partial charge in [0.05, 0.1) is 0 Å². The molecule has 2 N–H and O–H groups in total. The predicted molar refractivity (Wildman–Crippen MR) is 69.0 cm³/mol. The van der Waals surface area contributed by atoms with Gasteiger partial charge in [-0.3, -0.25) is 0 Å². The molecule has 0 heterocycles. The molecule has 7 heteroatoms. The first-order valence-corrected chi connectivity index (χ1v) is 6.38. The van der Waals surface area contributed by atoms with Gasteiger partial charge < -0.3 is 15.2 Å². The van der Waals surface area contributed by atoms with Crippen LogP contribution in [0.15, 0.2) is 22.7 Å². The Bertz CT molecular complexity index is 410. The highest BCUT2D eigenvalue weighted by Gasteiger charge is 2.27. The van der Waals surface area contributed by atoms with E-state index in [0.717, 1.165) is 10.0 Å². The minimum absolute atomic E-state index is 0.0203. The van der Waals surface area contributed by atoms with E-state index in [1.807, 2.05) is 6.92 Å². The van der Waals surface area contributed by atoms with Crippen molar-refractivity contribution in [3.63, 3.8) is 0 Å². The first-order valence-electron chi connectivity index (χ1n) is 5.59. The normalized spacial score (nSPS) is 13.4. The van der Waals surface area contributed by atoms with Crippen LogP contribution in [0.2, 0.25) is 0 Å². The number of alkyl halides is 3. The summed E-state index contributed by atoms with van der Waals surface area (Å²) in [5, 5.41) is 0. The lowest BCUT2D eigenvalue weighted by molar-refractivity contribution is -0.186. The standard InChI is InChI=1S/C12H15BrF3NO2/c1-8(17)4-9-5-10(2-3-11(9)13)19-7-18-6-12(14,15)16/h2-3,5,8H,4,6-7,17H2,1H3. The zero-order valence-corrected chi connectivity index (χ0v) is 11.9. The monoisotopic (exact) mass is 341 g/mol. The molecule has 0 bridgehead atoms. The van der Waals surface area contributed by atoms with Gasteiger partial charge in [-0.25, -0.2) is 0 Å². The molecule has 3 nitrogen and oxygen atoms in total. The van der Waals surface area contributed by atoms with Crippen molar-refractivity contribution in [2.75, 3.05) is 13.4 Å². The Kier molecular flexibility index (Phi) is 6.09. The quantitative estimate of drug-likeness (QED) is 0.638. The van der Waals surface area contributed by atoms with Crippen LogP contribution in [0.1, 0.15) is 12.5 Å². The summed E-state index contributed by atoms with van der Waals surface area (Å²) in [6, 6.07) is 5.11. The number of benzene rings is 1. The maximum Gasteiger partial charge on any atom is 0.411 e. The van der Waals surface area contributed by atoms with Gasteiger partial charge in [-0.15, -0.1) is 0 Å². The van der Waals surface area contributed by atoms with Crippen molar-refractivity contribution in [1.29, 1.82) is 0 Å². The van der Waals surface area contributed by atoms with Crippen molar-refractivity contribution < 1.29 is 22.6 Å². The molecule has 1 atom stereocenters. The third-order valence-corrected chi connectivity index (χ3v) is 2.91. The summed E-state index contributed by atoms with van der Waals surface area (Å²) >= 11 is 3.38. The van der Waals surface area contributed by atoms with Gasteiger partial charge in [0.1, 0.15) is 12.4 Å². The second-order valence-corrected chi connectivity index (χ2v) is 5.01. The maximum absolute atomic E-state index is 11.8. The SMILES string of the molecule is CC(N)Cc1cc(OCOCC(F)(F)F)ccc1Br. The second kappa shape index (κ2) is 7.12. The second-order valence-electron chi connectivity index (χ2n) is 4.16. The van der Waals surface area contributed by atoms with Crippen LogP contribution in [-0.2, 0) is 11.2 Å². The van der Waals surface area contributed by atoms with E-state index in [4.69, 9.17) is 10.5 Å². The number of rotatable bonds is 6. The van der Waals surface area contributed by atoms with E-state index in [-0.39, 0.29) is 6.04 Å². The summed E-state index contributed by atoms with van der Waals surface area (Å²) in [4.78, 5) is 0. The number of halogens is 4. The molecule has 0 spiro atoms. The number of hydrogen-bond acceptors (Lipinski definition) is 3. The smallest absolute Gasteiger partial charge is 0.411 e. The topological polar surface area (TPSA) is 44.5 Å². The van der Waals surface area contributed by atoms with Gasteiger partial charge >= 0.3 is 6.18 Å². The Balaban J connectivity index is 2.50. The van der Waals surface area contributed by atoms with E-state index in [1.165, 1.54) is 0 Å². The summed E-state index contributed by atoms with van der Waals surface area (Å²) < 4.78 is 45.9. The van der Waals surface area contributed by atoms with Crippen molar-refractivity contribution in [1.82, 2.24) is 0 Å². The van der Waals surface area contributed by atoms with Crippen molar-refractivity contribution in [3.05, 3.63) is 28.2 Å². The zero-order chi connectivity index (χ0) is 14.5. The molecule has 19 heavy (non-hydrogen) atoms. The lowest BCUT2D eigenvalue weighted by Gasteiger charge is -2.12. The average molecular weight is 342 g/mol. The van der Waals surface area contributed by atoms with Crippen molar-refractivity contribution >= 4 is 15.9 Å². The van der Waals surface area contributed by atoms with Gasteiger partial charge in [0.25, 0.3) is 0 Å². The summed E-state index contributed by atoms with van der Waals surface area (Å²) in [5.74, 6) is 0.445. The lowest BCUT2D eigenvalue weighted by atomic mass is 10.1. The molecule has 108 valence electrons. The summed E-state index contributed by atoms with van der Waals surface area (Å²) in [7, 11) is 0. The molecule has 0 saturated heterocycles. The molecule has 1 aromatic carbocycles. The van der Waals surface area contributed by atoms with Crippen molar-refractivity contribution in [3.8, 4) is 5.75 Å². The first-order chi connectivity index (χ1) is 8.78. The Morgan fingerprint density at radius 2 is 2.05 bits per heavy atom. The summed E-state index contributed by atoms with van der Waals surface area (Å²) in [6.07, 6.45) is -3.70. The maximum atomic E-state index is 11.8. The molecule has 0 radical (unpaired) electrons. The van der Waals surface area contributed by atoms with E-state index >= 15 is 0 Å². The van der Waals surface area contributed by atoms with Gasteiger partial charge in [-0.1, -0.05) is 15.9 Å². The van der Waals surface area contributed by atoms with Gasteiger partial charge in [-0.2, -0.15) is 13.2 Å². The van der Waals surface area contributed by atoms with Gasteiger partial charge in [0.2, 0.25) is 0 Å². The predicted octanol–water partition coefficient (Wildman–Crippen LogP) is 3.25. The van der Waals surface area contributed by atoms with Gasteiger partial charge in [-0.05, 0) is 37.1 Å². The van der Waals surface area contributed by atoms with Crippen LogP contribution in [0, 0.1) is 0 Å². The Labute approximate surface area is 118 Å². The molecule has 0 aliphatic rings. The average Bonchev–Trinajstić information content (AvgIpc) is 2.26. The molecule has 1 rings (SSSR count). The van der Waals surface area contributed by atoms with Crippen LogP contribution < -0.4 is 10.5 Å². The van der Waals surface area contributed by atoms with Crippen LogP contribution in [0.3, 0.4) is 0 Å². The molecular formula is C12H15BrF3NO2. The molecule has 1 aromatic rings. The molecular weight excluding hydrogens is 327 g/mol. The number of ether oxygens (including phenoxy) is 2. The molecule has 0 amide bonds. The van der Waals surface area contributed by atoms with E-state index in [0.29, 0.717) is 12.2 Å². The third-order valence-electron chi connectivity index (χ3n) is 2.13. The third kappa shape index (κ3) is 6.79. The number of hydrogen-bond donors (Lipinski definition) is 1. The summed E-state index contributed by atoms with van der Waals surface area (Å²) in [5.41, 5.74) is 6.64. The highest BCUT2D eigenvalue weighted by atomic mass is 79.9. The molecule has 0 aromatic heterocycles. The van der Waals surface area contributed by atoms with Gasteiger partial charge in [0.15, 0.2) is 6.79 Å². The first kappa shape index (κ1) is 16.3. The van der Waals surface area contributed by atoms with Crippen LogP contribution in [0.4, 0.5) is 13.2 Å². The van der Waals surface area contributed by atoms with Crippen LogP contribution in [0.5, 0.6) is 5.75 Å². The molecule has 0 aliphatic carbocycles. The largest absolute Gasteiger partial charge is 0.468 e. The van der Waals surface area contributed by atoms with Crippen LogP contribution in [0.25, 0.3) is 0 Å². The lowest BCUT2D eigenvalue weighted by Crippen LogP contribution is -2.19. The van der Waals surface area contributed by atoms with E-state index in [9.17, 15) is 13.2 Å². The van der Waals surface area contributed by atoms with E-state index in [2.05, 4.69) is 20.7 Å². The minimum atomic E-state index is -4.34. The van der Waals surface area contributed by atoms with Crippen LogP contribution in [-0.4, -0.2) is 25.6 Å². The molecule has 0 aliphatic heterocycles. The highest BCUT2D eigenvalue weighted by Crippen LogP contribution is 2.24.